The maximum Gasteiger partial charge on any atom is 0.285 e. The minimum absolute atomic E-state index is 0.124. The van der Waals surface area contributed by atoms with Crippen LogP contribution < -0.4 is 10.9 Å². The van der Waals surface area contributed by atoms with E-state index in [2.05, 4.69) is 15.5 Å². The SMILES string of the molecule is O=c1[nH]ncc(NC2CCCC2CO)c1Cl. The van der Waals surface area contributed by atoms with Crippen LogP contribution in [0.15, 0.2) is 11.0 Å². The molecule has 2 rings (SSSR count). The normalized spacial score (nSPS) is 24.6. The monoisotopic (exact) mass is 243 g/mol. The Morgan fingerprint density at radius 1 is 1.62 bits per heavy atom. The molecule has 3 N–H and O–H groups in total. The number of hydrogen-bond donors (Lipinski definition) is 3. The van der Waals surface area contributed by atoms with Crippen LogP contribution in [0, 0.1) is 5.92 Å². The van der Waals surface area contributed by atoms with E-state index >= 15 is 0 Å². The number of hydrogen-bond acceptors (Lipinski definition) is 4. The van der Waals surface area contributed by atoms with Gasteiger partial charge in [0.2, 0.25) is 0 Å². The lowest BCUT2D eigenvalue weighted by atomic mass is 10.1. The summed E-state index contributed by atoms with van der Waals surface area (Å²) in [5.41, 5.74) is 0.140. The first-order chi connectivity index (χ1) is 7.72. The molecule has 0 spiro atoms. The molecule has 0 amide bonds. The van der Waals surface area contributed by atoms with E-state index in [1.807, 2.05) is 0 Å². The molecule has 2 atom stereocenters. The lowest BCUT2D eigenvalue weighted by molar-refractivity contribution is 0.222. The van der Waals surface area contributed by atoms with Crippen molar-refractivity contribution in [1.29, 1.82) is 0 Å². The first-order valence-corrected chi connectivity index (χ1v) is 5.70. The van der Waals surface area contributed by atoms with Crippen LogP contribution in [0.5, 0.6) is 0 Å². The number of rotatable bonds is 3. The molecule has 16 heavy (non-hydrogen) atoms. The number of nitrogens with one attached hydrogen (secondary N) is 2. The molecule has 0 aliphatic heterocycles. The Balaban J connectivity index is 2.14. The van der Waals surface area contributed by atoms with E-state index in [-0.39, 0.29) is 23.6 Å². The van der Waals surface area contributed by atoms with Crippen molar-refractivity contribution in [3.8, 4) is 0 Å². The third-order valence-electron chi connectivity index (χ3n) is 3.03. The number of H-pyrrole nitrogens is 1. The van der Waals surface area contributed by atoms with Gasteiger partial charge in [0.05, 0.1) is 11.9 Å². The first kappa shape index (κ1) is 11.4. The number of aliphatic hydroxyl groups is 1. The molecule has 1 heterocycles. The van der Waals surface area contributed by atoms with Crippen LogP contribution in [0.2, 0.25) is 5.02 Å². The molecule has 0 saturated heterocycles. The second kappa shape index (κ2) is 4.84. The van der Waals surface area contributed by atoms with Crippen molar-refractivity contribution in [2.24, 2.45) is 5.92 Å². The summed E-state index contributed by atoms with van der Waals surface area (Å²) in [6, 6.07) is 0.172. The topological polar surface area (TPSA) is 78.0 Å². The number of anilines is 1. The molecule has 0 aromatic carbocycles. The Hall–Kier alpha value is -1.07. The predicted octanol–water partition coefficient (Wildman–Crippen LogP) is 0.996. The quantitative estimate of drug-likeness (QED) is 0.740. The van der Waals surface area contributed by atoms with Gasteiger partial charge in [0.1, 0.15) is 5.02 Å². The number of halogens is 1. The summed E-state index contributed by atoms with van der Waals surface area (Å²) < 4.78 is 0. The minimum atomic E-state index is -0.398. The predicted molar refractivity (Wildman–Crippen MR) is 61.7 cm³/mol. The molecule has 6 heteroatoms. The third kappa shape index (κ3) is 2.20. The summed E-state index contributed by atoms with van der Waals surface area (Å²) >= 11 is 5.85. The Morgan fingerprint density at radius 2 is 2.44 bits per heavy atom. The standard InChI is InChI=1S/C10H14ClN3O2/c11-9-8(4-12-14-10(9)16)13-7-3-1-2-6(7)5-15/h4,6-7,15H,1-3,5H2,(H2,13,14,16). The van der Waals surface area contributed by atoms with Gasteiger partial charge < -0.3 is 10.4 Å². The Morgan fingerprint density at radius 3 is 3.19 bits per heavy atom. The van der Waals surface area contributed by atoms with Gasteiger partial charge in [-0.25, -0.2) is 5.10 Å². The number of aromatic nitrogens is 2. The van der Waals surface area contributed by atoms with E-state index in [1.54, 1.807) is 0 Å². The second-order valence-corrected chi connectivity index (χ2v) is 4.43. The zero-order valence-corrected chi connectivity index (χ0v) is 9.50. The molecule has 1 saturated carbocycles. The van der Waals surface area contributed by atoms with Crippen molar-refractivity contribution in [3.63, 3.8) is 0 Å². The number of nitrogens with zero attached hydrogens (tertiary/aromatic N) is 1. The lowest BCUT2D eigenvalue weighted by Crippen LogP contribution is -2.27. The fourth-order valence-corrected chi connectivity index (χ4v) is 2.27. The largest absolute Gasteiger partial charge is 0.396 e. The highest BCUT2D eigenvalue weighted by Crippen LogP contribution is 2.29. The molecular formula is C10H14ClN3O2. The van der Waals surface area contributed by atoms with Crippen molar-refractivity contribution in [2.45, 2.75) is 25.3 Å². The zero-order valence-electron chi connectivity index (χ0n) is 8.74. The molecular weight excluding hydrogens is 230 g/mol. The van der Waals surface area contributed by atoms with Gasteiger partial charge in [-0.3, -0.25) is 4.79 Å². The fourth-order valence-electron chi connectivity index (χ4n) is 2.13. The van der Waals surface area contributed by atoms with Crippen LogP contribution in [0.3, 0.4) is 0 Å². The van der Waals surface area contributed by atoms with Crippen LogP contribution in [0.1, 0.15) is 19.3 Å². The van der Waals surface area contributed by atoms with Crippen LogP contribution in [-0.4, -0.2) is 28.0 Å². The average molecular weight is 244 g/mol. The molecule has 5 nitrogen and oxygen atoms in total. The maximum atomic E-state index is 11.2. The molecule has 1 aromatic heterocycles. The van der Waals surface area contributed by atoms with Gasteiger partial charge in [0, 0.05) is 18.6 Å². The molecule has 88 valence electrons. The minimum Gasteiger partial charge on any atom is -0.396 e. The van der Waals surface area contributed by atoms with Gasteiger partial charge in [-0.15, -0.1) is 0 Å². The van der Waals surface area contributed by atoms with Crippen molar-refractivity contribution < 1.29 is 5.11 Å². The highest BCUT2D eigenvalue weighted by atomic mass is 35.5. The van der Waals surface area contributed by atoms with Gasteiger partial charge in [-0.1, -0.05) is 18.0 Å². The summed E-state index contributed by atoms with van der Waals surface area (Å²) in [5.74, 6) is 0.232. The van der Waals surface area contributed by atoms with E-state index < -0.39 is 5.56 Å². The second-order valence-electron chi connectivity index (χ2n) is 4.05. The Bertz CT molecular complexity index is 421. The molecule has 1 aliphatic carbocycles. The molecule has 0 bridgehead atoms. The van der Waals surface area contributed by atoms with Crippen molar-refractivity contribution in [2.75, 3.05) is 11.9 Å². The van der Waals surface area contributed by atoms with Crippen molar-refractivity contribution in [3.05, 3.63) is 21.6 Å². The van der Waals surface area contributed by atoms with Crippen molar-refractivity contribution >= 4 is 17.3 Å². The smallest absolute Gasteiger partial charge is 0.285 e. The Kier molecular flexibility index (Phi) is 3.46. The highest BCUT2D eigenvalue weighted by Gasteiger charge is 2.27. The summed E-state index contributed by atoms with van der Waals surface area (Å²) in [6.45, 7) is 0.159. The van der Waals surface area contributed by atoms with Crippen LogP contribution in [0.4, 0.5) is 5.69 Å². The van der Waals surface area contributed by atoms with Gasteiger partial charge in [0.25, 0.3) is 5.56 Å². The van der Waals surface area contributed by atoms with E-state index in [9.17, 15) is 9.90 Å². The summed E-state index contributed by atoms with van der Waals surface area (Å²) in [7, 11) is 0. The van der Waals surface area contributed by atoms with Gasteiger partial charge >= 0.3 is 0 Å². The van der Waals surface area contributed by atoms with Crippen LogP contribution in [0.25, 0.3) is 0 Å². The summed E-state index contributed by atoms with van der Waals surface area (Å²) in [6.07, 6.45) is 4.56. The highest BCUT2D eigenvalue weighted by molar-refractivity contribution is 6.32. The number of aliphatic hydroxyl groups excluding tert-OH is 1. The summed E-state index contributed by atoms with van der Waals surface area (Å²) in [4.78, 5) is 11.2. The fraction of sp³-hybridized carbons (Fsp3) is 0.600. The molecule has 1 aromatic rings. The van der Waals surface area contributed by atoms with Crippen LogP contribution >= 0.6 is 11.6 Å². The van der Waals surface area contributed by atoms with E-state index in [4.69, 9.17) is 11.6 Å². The molecule has 1 aliphatic rings. The lowest BCUT2D eigenvalue weighted by Gasteiger charge is -2.20. The summed E-state index contributed by atoms with van der Waals surface area (Å²) in [5, 5.41) is 18.4. The zero-order chi connectivity index (χ0) is 11.5. The first-order valence-electron chi connectivity index (χ1n) is 5.33. The third-order valence-corrected chi connectivity index (χ3v) is 3.41. The van der Waals surface area contributed by atoms with Gasteiger partial charge in [0.15, 0.2) is 0 Å². The van der Waals surface area contributed by atoms with Crippen LogP contribution in [-0.2, 0) is 0 Å². The van der Waals surface area contributed by atoms with Gasteiger partial charge in [-0.05, 0) is 12.8 Å². The van der Waals surface area contributed by atoms with Gasteiger partial charge in [-0.2, -0.15) is 5.10 Å². The van der Waals surface area contributed by atoms with E-state index in [1.165, 1.54) is 6.20 Å². The van der Waals surface area contributed by atoms with E-state index in [0.29, 0.717) is 5.69 Å². The molecule has 2 unspecified atom stereocenters. The molecule has 1 fully saturated rings. The average Bonchev–Trinajstić information content (AvgIpc) is 2.72. The van der Waals surface area contributed by atoms with E-state index in [0.717, 1.165) is 19.3 Å². The number of aromatic amines is 1. The Labute approximate surface area is 97.8 Å². The molecule has 0 radical (unpaired) electrons. The van der Waals surface area contributed by atoms with Crippen molar-refractivity contribution in [1.82, 2.24) is 10.2 Å². The maximum absolute atomic E-state index is 11.2.